The fourth-order valence-corrected chi connectivity index (χ4v) is 3.30. The second kappa shape index (κ2) is 8.70. The van der Waals surface area contributed by atoms with Crippen LogP contribution in [0.3, 0.4) is 0 Å². The second-order valence-corrected chi connectivity index (χ2v) is 7.45. The molecule has 0 spiro atoms. The number of pyridine rings is 1. The molecule has 0 aliphatic carbocycles. The highest BCUT2D eigenvalue weighted by Crippen LogP contribution is 2.27. The van der Waals surface area contributed by atoms with Gasteiger partial charge in [-0.15, -0.1) is 10.2 Å². The molecular formula is C23H22F2N6O. The summed E-state index contributed by atoms with van der Waals surface area (Å²) < 4.78 is 34.1. The summed E-state index contributed by atoms with van der Waals surface area (Å²) in [5, 5.41) is 11.8. The van der Waals surface area contributed by atoms with Gasteiger partial charge in [-0.25, -0.2) is 18.7 Å². The van der Waals surface area contributed by atoms with E-state index in [4.69, 9.17) is 4.74 Å². The van der Waals surface area contributed by atoms with Crippen molar-refractivity contribution in [2.75, 3.05) is 12.4 Å². The molecule has 0 unspecified atom stereocenters. The first-order valence-electron chi connectivity index (χ1n) is 9.98. The molecule has 7 nitrogen and oxygen atoms in total. The summed E-state index contributed by atoms with van der Waals surface area (Å²) in [4.78, 5) is 8.81. The molecule has 0 radical (unpaired) electrons. The number of methoxy groups -OCH3 is 1. The Bertz CT molecular complexity index is 1270. The number of hydrogen-bond donors (Lipinski definition) is 1. The van der Waals surface area contributed by atoms with Crippen LogP contribution in [-0.2, 0) is 0 Å². The first-order chi connectivity index (χ1) is 15.4. The van der Waals surface area contributed by atoms with Crippen LogP contribution >= 0.6 is 0 Å². The maximum atomic E-state index is 13.5. The lowest BCUT2D eigenvalue weighted by Gasteiger charge is -2.17. The minimum Gasteiger partial charge on any atom is -0.479 e. The van der Waals surface area contributed by atoms with Gasteiger partial charge in [-0.1, -0.05) is 6.07 Å². The van der Waals surface area contributed by atoms with Crippen molar-refractivity contribution in [1.29, 1.82) is 0 Å². The second-order valence-electron chi connectivity index (χ2n) is 7.45. The number of anilines is 1. The molecule has 0 bridgehead atoms. The lowest BCUT2D eigenvalue weighted by Crippen LogP contribution is -2.11. The Morgan fingerprint density at radius 1 is 1.00 bits per heavy atom. The van der Waals surface area contributed by atoms with E-state index in [2.05, 4.69) is 25.5 Å². The third kappa shape index (κ3) is 4.27. The molecule has 0 aliphatic rings. The van der Waals surface area contributed by atoms with Crippen molar-refractivity contribution in [2.45, 2.75) is 26.8 Å². The molecule has 1 atom stereocenters. The minimum atomic E-state index is -0.886. The summed E-state index contributed by atoms with van der Waals surface area (Å²) in [7, 11) is 1.56. The number of aromatic nitrogens is 5. The Morgan fingerprint density at radius 3 is 2.47 bits per heavy atom. The minimum absolute atomic E-state index is 0.292. The highest BCUT2D eigenvalue weighted by molar-refractivity contribution is 5.61. The van der Waals surface area contributed by atoms with Crippen molar-refractivity contribution >= 4 is 5.82 Å². The standard InChI is InChI=1S/C23H22F2N6O/c1-13-9-20(19-7-8-21(23(28-19)32-4)31-11-14(2)26-12-31)29-30-22(13)27-15(3)16-5-6-17(24)18(25)10-16/h5-12,15H,1-4H3,(H,27,30)/t15-/m0/s1. The predicted molar refractivity (Wildman–Crippen MR) is 117 cm³/mol. The monoisotopic (exact) mass is 436 g/mol. The molecular weight excluding hydrogens is 414 g/mol. The van der Waals surface area contributed by atoms with Gasteiger partial charge in [-0.05, 0) is 62.2 Å². The Balaban J connectivity index is 1.58. The van der Waals surface area contributed by atoms with Crippen molar-refractivity contribution in [3.05, 3.63) is 77.4 Å². The van der Waals surface area contributed by atoms with E-state index < -0.39 is 11.6 Å². The van der Waals surface area contributed by atoms with E-state index in [0.29, 0.717) is 28.6 Å². The first-order valence-corrected chi connectivity index (χ1v) is 9.98. The molecule has 9 heteroatoms. The van der Waals surface area contributed by atoms with Gasteiger partial charge in [0.15, 0.2) is 17.5 Å². The van der Waals surface area contributed by atoms with Crippen molar-refractivity contribution < 1.29 is 13.5 Å². The molecule has 1 N–H and O–H groups in total. The van der Waals surface area contributed by atoms with E-state index in [1.807, 2.05) is 49.7 Å². The van der Waals surface area contributed by atoms with E-state index in [1.165, 1.54) is 12.1 Å². The number of imidazole rings is 1. The summed E-state index contributed by atoms with van der Waals surface area (Å²) in [6, 6.07) is 9.11. The molecule has 164 valence electrons. The fourth-order valence-electron chi connectivity index (χ4n) is 3.30. The number of rotatable bonds is 6. The van der Waals surface area contributed by atoms with Gasteiger partial charge < -0.3 is 14.6 Å². The number of nitrogens with one attached hydrogen (secondary N) is 1. The summed E-state index contributed by atoms with van der Waals surface area (Å²) in [5.41, 5.74) is 4.28. The van der Waals surface area contributed by atoms with Crippen LogP contribution in [0.25, 0.3) is 17.1 Å². The molecule has 4 rings (SSSR count). The van der Waals surface area contributed by atoms with Gasteiger partial charge in [0.1, 0.15) is 11.4 Å². The summed E-state index contributed by atoms with van der Waals surface area (Å²) >= 11 is 0. The Kier molecular flexibility index (Phi) is 5.81. The van der Waals surface area contributed by atoms with Crippen molar-refractivity contribution in [3.8, 4) is 23.0 Å². The normalized spacial score (nSPS) is 11.9. The van der Waals surface area contributed by atoms with Crippen LogP contribution in [-0.4, -0.2) is 31.8 Å². The van der Waals surface area contributed by atoms with Crippen LogP contribution in [0.1, 0.15) is 29.8 Å². The quantitative estimate of drug-likeness (QED) is 0.468. The van der Waals surface area contributed by atoms with Crippen LogP contribution in [0.2, 0.25) is 0 Å². The zero-order valence-electron chi connectivity index (χ0n) is 18.1. The number of nitrogens with zero attached hydrogens (tertiary/aromatic N) is 5. The summed E-state index contributed by atoms with van der Waals surface area (Å²) in [6.07, 6.45) is 3.59. The molecule has 1 aromatic carbocycles. The van der Waals surface area contributed by atoms with E-state index in [9.17, 15) is 8.78 Å². The molecule has 3 aromatic heterocycles. The average Bonchev–Trinajstić information content (AvgIpc) is 3.22. The molecule has 0 saturated heterocycles. The first kappa shape index (κ1) is 21.4. The lowest BCUT2D eigenvalue weighted by atomic mass is 10.1. The smallest absolute Gasteiger partial charge is 0.238 e. The van der Waals surface area contributed by atoms with Crippen LogP contribution < -0.4 is 10.1 Å². The molecule has 0 fully saturated rings. The highest BCUT2D eigenvalue weighted by atomic mass is 19.2. The van der Waals surface area contributed by atoms with Gasteiger partial charge in [-0.3, -0.25) is 0 Å². The lowest BCUT2D eigenvalue weighted by molar-refractivity contribution is 0.396. The Hall–Kier alpha value is -3.88. The zero-order valence-corrected chi connectivity index (χ0v) is 18.1. The van der Waals surface area contributed by atoms with Crippen LogP contribution in [0.4, 0.5) is 14.6 Å². The number of aryl methyl sites for hydroxylation is 2. The van der Waals surface area contributed by atoms with Crippen LogP contribution in [0.15, 0.2) is 48.9 Å². The Labute approximate surface area is 184 Å². The molecule has 0 aliphatic heterocycles. The van der Waals surface area contributed by atoms with E-state index in [1.54, 1.807) is 13.4 Å². The number of hydrogen-bond acceptors (Lipinski definition) is 6. The third-order valence-corrected chi connectivity index (χ3v) is 5.07. The molecule has 3 heterocycles. The summed E-state index contributed by atoms with van der Waals surface area (Å²) in [5.74, 6) is -0.779. The number of benzene rings is 1. The van der Waals surface area contributed by atoms with Crippen molar-refractivity contribution in [3.63, 3.8) is 0 Å². The fraction of sp³-hybridized carbons (Fsp3) is 0.217. The van der Waals surface area contributed by atoms with Crippen molar-refractivity contribution in [1.82, 2.24) is 24.7 Å². The van der Waals surface area contributed by atoms with Gasteiger partial charge in [0.25, 0.3) is 0 Å². The third-order valence-electron chi connectivity index (χ3n) is 5.07. The van der Waals surface area contributed by atoms with Crippen molar-refractivity contribution in [2.24, 2.45) is 0 Å². The van der Waals surface area contributed by atoms with E-state index in [0.717, 1.165) is 23.0 Å². The Morgan fingerprint density at radius 2 is 1.81 bits per heavy atom. The van der Waals surface area contributed by atoms with Crippen LogP contribution in [0.5, 0.6) is 5.88 Å². The topological polar surface area (TPSA) is 77.8 Å². The highest BCUT2D eigenvalue weighted by Gasteiger charge is 2.15. The molecule has 0 amide bonds. The predicted octanol–water partition coefficient (Wildman–Crippen LogP) is 4.80. The van der Waals surface area contributed by atoms with E-state index >= 15 is 0 Å². The van der Waals surface area contributed by atoms with Gasteiger partial charge in [0, 0.05) is 6.20 Å². The molecule has 0 saturated carbocycles. The molecule has 32 heavy (non-hydrogen) atoms. The largest absolute Gasteiger partial charge is 0.479 e. The summed E-state index contributed by atoms with van der Waals surface area (Å²) in [6.45, 7) is 5.63. The van der Waals surface area contributed by atoms with Gasteiger partial charge in [0.2, 0.25) is 5.88 Å². The average molecular weight is 436 g/mol. The molecule has 4 aromatic rings. The number of halogens is 2. The van der Waals surface area contributed by atoms with E-state index in [-0.39, 0.29) is 6.04 Å². The number of ether oxygens (including phenoxy) is 1. The van der Waals surface area contributed by atoms with Gasteiger partial charge in [0.05, 0.1) is 30.9 Å². The van der Waals surface area contributed by atoms with Crippen LogP contribution in [0, 0.1) is 25.5 Å². The zero-order chi connectivity index (χ0) is 22.8. The SMILES string of the molecule is COc1nc(-c2cc(C)c(N[C@@H](C)c3ccc(F)c(F)c3)nn2)ccc1-n1cnc(C)c1. The van der Waals surface area contributed by atoms with Gasteiger partial charge >= 0.3 is 0 Å². The maximum absolute atomic E-state index is 13.5. The maximum Gasteiger partial charge on any atom is 0.238 e. The van der Waals surface area contributed by atoms with Gasteiger partial charge in [-0.2, -0.15) is 0 Å².